The summed E-state index contributed by atoms with van der Waals surface area (Å²) in [6, 6.07) is 4.07. The van der Waals surface area contributed by atoms with Gasteiger partial charge in [-0.15, -0.1) is 0 Å². The second kappa shape index (κ2) is 10.6. The lowest BCUT2D eigenvalue weighted by molar-refractivity contribution is 0.217. The maximum absolute atomic E-state index is 9.32. The molecule has 5 nitrogen and oxygen atoms in total. The van der Waals surface area contributed by atoms with Crippen LogP contribution >= 0.6 is 0 Å². The van der Waals surface area contributed by atoms with Gasteiger partial charge in [-0.2, -0.15) is 0 Å². The van der Waals surface area contributed by atoms with Crippen LogP contribution in [0.15, 0.2) is 23.3 Å². The van der Waals surface area contributed by atoms with Crippen molar-refractivity contribution in [2.24, 2.45) is 10.4 Å². The summed E-state index contributed by atoms with van der Waals surface area (Å²) < 4.78 is 0. The van der Waals surface area contributed by atoms with Crippen molar-refractivity contribution in [1.82, 2.24) is 15.2 Å². The first-order chi connectivity index (χ1) is 12.2. The number of aliphatic hydroxyl groups excluding tert-OH is 1. The summed E-state index contributed by atoms with van der Waals surface area (Å²) in [5, 5.41) is 12.8. The number of nitrogens with one attached hydrogen (secondary N) is 1. The van der Waals surface area contributed by atoms with E-state index in [0.717, 1.165) is 56.8 Å². The largest absolute Gasteiger partial charge is 0.396 e. The monoisotopic (exact) mass is 346 g/mol. The molecule has 5 heteroatoms. The molecule has 2 N–H and O–H groups in total. The van der Waals surface area contributed by atoms with E-state index in [-0.39, 0.29) is 12.0 Å². The summed E-state index contributed by atoms with van der Waals surface area (Å²) in [6.07, 6.45) is 8.38. The van der Waals surface area contributed by atoms with E-state index in [0.29, 0.717) is 0 Å². The molecule has 0 spiro atoms. The number of hydrogen-bond donors (Lipinski definition) is 2. The van der Waals surface area contributed by atoms with Gasteiger partial charge in [-0.25, -0.2) is 0 Å². The number of aliphatic hydroxyl groups is 1. The van der Waals surface area contributed by atoms with Gasteiger partial charge < -0.3 is 15.3 Å². The van der Waals surface area contributed by atoms with Gasteiger partial charge in [0.05, 0.1) is 12.3 Å². The first-order valence-electron chi connectivity index (χ1n) is 9.70. The lowest BCUT2D eigenvalue weighted by atomic mass is 10.1. The van der Waals surface area contributed by atoms with Crippen molar-refractivity contribution in [1.29, 1.82) is 0 Å². The normalized spacial score (nSPS) is 16.0. The van der Waals surface area contributed by atoms with Crippen LogP contribution in [0.2, 0.25) is 0 Å². The lowest BCUT2D eigenvalue weighted by Crippen LogP contribution is -2.25. The fraction of sp³-hybridized carbons (Fsp3) is 0.700. The van der Waals surface area contributed by atoms with Crippen LogP contribution in [0.4, 0.5) is 0 Å². The van der Waals surface area contributed by atoms with Gasteiger partial charge in [0.2, 0.25) is 0 Å². The Balaban J connectivity index is 1.64. The average Bonchev–Trinajstić information content (AvgIpc) is 3.42. The van der Waals surface area contributed by atoms with Gasteiger partial charge in [0.15, 0.2) is 0 Å². The zero-order valence-corrected chi connectivity index (χ0v) is 15.9. The molecule has 1 heterocycles. The Morgan fingerprint density at radius 2 is 2.12 bits per heavy atom. The second-order valence-corrected chi connectivity index (χ2v) is 7.12. The summed E-state index contributed by atoms with van der Waals surface area (Å²) in [7, 11) is 0. The molecule has 2 rings (SSSR count). The molecule has 1 aliphatic rings. The third-order valence-corrected chi connectivity index (χ3v) is 5.08. The maximum Gasteiger partial charge on any atom is 0.0548 e. The molecule has 1 aliphatic carbocycles. The zero-order valence-electron chi connectivity index (χ0n) is 15.9. The van der Waals surface area contributed by atoms with E-state index < -0.39 is 0 Å². The molecule has 0 aromatic carbocycles. The molecule has 1 fully saturated rings. The summed E-state index contributed by atoms with van der Waals surface area (Å²) in [4.78, 5) is 11.4. The van der Waals surface area contributed by atoms with Gasteiger partial charge >= 0.3 is 0 Å². The summed E-state index contributed by atoms with van der Waals surface area (Å²) in [5.74, 6) is 0. The molecule has 140 valence electrons. The zero-order chi connectivity index (χ0) is 18.0. The van der Waals surface area contributed by atoms with Gasteiger partial charge in [-0.1, -0.05) is 13.8 Å². The van der Waals surface area contributed by atoms with Crippen LogP contribution in [-0.2, 0) is 6.54 Å². The minimum Gasteiger partial charge on any atom is -0.396 e. The number of hydrogen-bond acceptors (Lipinski definition) is 5. The maximum atomic E-state index is 9.32. The first kappa shape index (κ1) is 20.0. The molecule has 0 atom stereocenters. The smallest absolute Gasteiger partial charge is 0.0548 e. The minimum atomic E-state index is 0.0824. The van der Waals surface area contributed by atoms with Crippen LogP contribution in [0.25, 0.3) is 0 Å². The number of aliphatic imine (C=N–C) groups is 1. The van der Waals surface area contributed by atoms with Gasteiger partial charge in [0.1, 0.15) is 0 Å². The predicted molar refractivity (Wildman–Crippen MR) is 104 cm³/mol. The Morgan fingerprint density at radius 3 is 2.80 bits per heavy atom. The van der Waals surface area contributed by atoms with Crippen molar-refractivity contribution in [3.05, 3.63) is 29.6 Å². The van der Waals surface area contributed by atoms with Crippen LogP contribution in [0.1, 0.15) is 50.8 Å². The highest BCUT2D eigenvalue weighted by molar-refractivity contribution is 5.79. The van der Waals surface area contributed by atoms with Gasteiger partial charge in [-0.05, 0) is 69.6 Å². The van der Waals surface area contributed by atoms with Crippen molar-refractivity contribution in [2.75, 3.05) is 39.3 Å². The molecule has 1 aromatic heterocycles. The van der Waals surface area contributed by atoms with Gasteiger partial charge in [0, 0.05) is 30.9 Å². The van der Waals surface area contributed by atoms with Crippen molar-refractivity contribution in [3.8, 4) is 0 Å². The van der Waals surface area contributed by atoms with Crippen LogP contribution in [-0.4, -0.2) is 60.5 Å². The average molecular weight is 347 g/mol. The molecule has 0 amide bonds. The number of aromatic nitrogens is 1. The second-order valence-electron chi connectivity index (χ2n) is 7.12. The van der Waals surface area contributed by atoms with E-state index >= 15 is 0 Å². The molecular weight excluding hydrogens is 312 g/mol. The topological polar surface area (TPSA) is 60.8 Å². The highest BCUT2D eigenvalue weighted by Gasteiger charge is 2.41. The fourth-order valence-electron chi connectivity index (χ4n) is 2.90. The molecule has 0 aliphatic heterocycles. The third-order valence-electron chi connectivity index (χ3n) is 5.08. The van der Waals surface area contributed by atoms with Crippen LogP contribution in [0, 0.1) is 5.41 Å². The summed E-state index contributed by atoms with van der Waals surface area (Å²) in [5.41, 5.74) is 2.22. The molecule has 0 saturated heterocycles. The predicted octanol–water partition coefficient (Wildman–Crippen LogP) is 2.48. The molecule has 1 saturated carbocycles. The van der Waals surface area contributed by atoms with E-state index in [2.05, 4.69) is 40.1 Å². The van der Waals surface area contributed by atoms with Crippen LogP contribution in [0.3, 0.4) is 0 Å². The Morgan fingerprint density at radius 1 is 1.32 bits per heavy atom. The summed E-state index contributed by atoms with van der Waals surface area (Å²) in [6.45, 7) is 10.7. The molecule has 25 heavy (non-hydrogen) atoms. The van der Waals surface area contributed by atoms with Crippen molar-refractivity contribution >= 4 is 6.21 Å². The molecule has 0 bridgehead atoms. The van der Waals surface area contributed by atoms with Crippen molar-refractivity contribution in [2.45, 2.75) is 46.1 Å². The molecule has 1 aromatic rings. The molecule has 0 radical (unpaired) electrons. The number of pyridine rings is 1. The standard InChI is InChI=1S/C20H34N4O/c1-3-24(4-2)12-6-5-10-21-15-19-13-18(7-11-23-19)14-22-16-20(17-25)8-9-20/h7,11,13-14,21,25H,3-6,8-10,12,15-17H2,1-2H3. The van der Waals surface area contributed by atoms with Crippen molar-refractivity contribution in [3.63, 3.8) is 0 Å². The highest BCUT2D eigenvalue weighted by Crippen LogP contribution is 2.45. The third kappa shape index (κ3) is 7.22. The van der Waals surface area contributed by atoms with E-state index in [1.165, 1.54) is 19.4 Å². The summed E-state index contributed by atoms with van der Waals surface area (Å²) >= 11 is 0. The van der Waals surface area contributed by atoms with E-state index in [1.807, 2.05) is 18.5 Å². The van der Waals surface area contributed by atoms with E-state index in [9.17, 15) is 5.11 Å². The SMILES string of the molecule is CCN(CC)CCCCNCc1cc(C=NCC2(CO)CC2)ccn1. The first-order valence-corrected chi connectivity index (χ1v) is 9.70. The van der Waals surface area contributed by atoms with Crippen LogP contribution in [0.5, 0.6) is 0 Å². The Kier molecular flexibility index (Phi) is 8.52. The minimum absolute atomic E-state index is 0.0824. The Labute approximate surface area is 152 Å². The van der Waals surface area contributed by atoms with Crippen molar-refractivity contribution < 1.29 is 5.11 Å². The quantitative estimate of drug-likeness (QED) is 0.425. The number of rotatable bonds is 13. The number of nitrogens with zero attached hydrogens (tertiary/aromatic N) is 3. The van der Waals surface area contributed by atoms with Gasteiger partial charge in [0.25, 0.3) is 0 Å². The molecular formula is C20H34N4O. The lowest BCUT2D eigenvalue weighted by Gasteiger charge is -2.17. The fourth-order valence-corrected chi connectivity index (χ4v) is 2.90. The Hall–Kier alpha value is -1.30. The van der Waals surface area contributed by atoms with E-state index in [4.69, 9.17) is 0 Å². The van der Waals surface area contributed by atoms with Gasteiger partial charge in [-0.3, -0.25) is 9.98 Å². The van der Waals surface area contributed by atoms with Crippen LogP contribution < -0.4 is 5.32 Å². The highest BCUT2D eigenvalue weighted by atomic mass is 16.3. The Bertz CT molecular complexity index is 524. The molecule has 0 unspecified atom stereocenters. The van der Waals surface area contributed by atoms with E-state index in [1.54, 1.807) is 0 Å². The number of unbranched alkanes of at least 4 members (excludes halogenated alkanes) is 1.